The highest BCUT2D eigenvalue weighted by Crippen LogP contribution is 2.17. The largest absolute Gasteiger partial charge is 0.377 e. The van der Waals surface area contributed by atoms with Gasteiger partial charge >= 0.3 is 0 Å². The van der Waals surface area contributed by atoms with Gasteiger partial charge in [0.05, 0.1) is 18.4 Å². The van der Waals surface area contributed by atoms with Gasteiger partial charge in [0.2, 0.25) is 11.8 Å². The predicted octanol–water partition coefficient (Wildman–Crippen LogP) is 1.73. The molecule has 2 amide bonds. The first-order chi connectivity index (χ1) is 14.2. The second kappa shape index (κ2) is 9.50. The Morgan fingerprint density at radius 2 is 1.76 bits per heavy atom. The van der Waals surface area contributed by atoms with Crippen molar-refractivity contribution in [2.75, 3.05) is 45.9 Å². The van der Waals surface area contributed by atoms with E-state index in [2.05, 4.69) is 10.0 Å². The molecule has 7 nitrogen and oxygen atoms in total. The Morgan fingerprint density at radius 1 is 1.00 bits per heavy atom. The second-order valence-corrected chi connectivity index (χ2v) is 8.00. The molecule has 1 aromatic rings. The lowest BCUT2D eigenvalue weighted by molar-refractivity contribution is -0.137. The highest BCUT2D eigenvalue weighted by Gasteiger charge is 2.26. The van der Waals surface area contributed by atoms with Crippen LogP contribution in [0.5, 0.6) is 0 Å². The van der Waals surface area contributed by atoms with Crippen LogP contribution in [0.4, 0.5) is 0 Å². The van der Waals surface area contributed by atoms with Gasteiger partial charge in [0, 0.05) is 58.6 Å². The van der Waals surface area contributed by atoms with Crippen molar-refractivity contribution in [2.45, 2.75) is 38.2 Å². The second-order valence-electron chi connectivity index (χ2n) is 8.00. The van der Waals surface area contributed by atoms with Gasteiger partial charge in [-0.15, -0.1) is 0 Å². The molecule has 1 unspecified atom stereocenters. The van der Waals surface area contributed by atoms with Crippen LogP contribution in [0.15, 0.2) is 35.4 Å². The molecule has 1 aromatic carbocycles. The first-order valence-corrected chi connectivity index (χ1v) is 10.7. The van der Waals surface area contributed by atoms with Crippen molar-refractivity contribution in [3.05, 3.63) is 35.9 Å². The summed E-state index contributed by atoms with van der Waals surface area (Å²) >= 11 is 0. The molecule has 0 N–H and O–H groups in total. The van der Waals surface area contributed by atoms with Crippen molar-refractivity contribution >= 4 is 17.5 Å². The number of ether oxygens (including phenoxy) is 1. The molecule has 0 bridgehead atoms. The van der Waals surface area contributed by atoms with Crippen LogP contribution in [0.25, 0.3) is 0 Å². The first-order valence-electron chi connectivity index (χ1n) is 10.7. The average Bonchev–Trinajstić information content (AvgIpc) is 3.45. The van der Waals surface area contributed by atoms with Crippen LogP contribution in [0.2, 0.25) is 0 Å². The van der Waals surface area contributed by atoms with Gasteiger partial charge in [-0.1, -0.05) is 30.3 Å². The zero-order chi connectivity index (χ0) is 20.1. The van der Waals surface area contributed by atoms with E-state index in [1.165, 1.54) is 5.01 Å². The third-order valence-corrected chi connectivity index (χ3v) is 5.96. The Labute approximate surface area is 172 Å². The number of rotatable bonds is 6. The minimum atomic E-state index is -0.0682. The Balaban J connectivity index is 1.19. The highest BCUT2D eigenvalue weighted by atomic mass is 16.5. The van der Waals surface area contributed by atoms with Crippen LogP contribution in [0, 0.1) is 0 Å². The Morgan fingerprint density at radius 3 is 2.48 bits per heavy atom. The maximum absolute atomic E-state index is 12.5. The molecule has 0 radical (unpaired) electrons. The van der Waals surface area contributed by atoms with Gasteiger partial charge in [0.15, 0.2) is 0 Å². The van der Waals surface area contributed by atoms with Gasteiger partial charge < -0.3 is 9.64 Å². The number of hydrogen-bond donors (Lipinski definition) is 0. The number of hydrogen-bond acceptors (Lipinski definition) is 5. The fraction of sp³-hybridized carbons (Fsp3) is 0.591. The Hall–Kier alpha value is -2.25. The number of nitrogens with zero attached hydrogens (tertiary/aromatic N) is 4. The third kappa shape index (κ3) is 5.22. The smallest absolute Gasteiger partial charge is 0.243 e. The Kier molecular flexibility index (Phi) is 6.56. The maximum Gasteiger partial charge on any atom is 0.243 e. The molecule has 29 heavy (non-hydrogen) atoms. The van der Waals surface area contributed by atoms with E-state index >= 15 is 0 Å². The van der Waals surface area contributed by atoms with Crippen molar-refractivity contribution < 1.29 is 14.3 Å². The van der Waals surface area contributed by atoms with Crippen LogP contribution < -0.4 is 0 Å². The summed E-state index contributed by atoms with van der Waals surface area (Å²) < 4.78 is 5.70. The summed E-state index contributed by atoms with van der Waals surface area (Å²) in [6, 6.07) is 9.93. The molecule has 3 aliphatic heterocycles. The number of amides is 2. The molecule has 3 heterocycles. The lowest BCUT2D eigenvalue weighted by atomic mass is 10.1. The van der Waals surface area contributed by atoms with Gasteiger partial charge in [-0.25, -0.2) is 5.01 Å². The highest BCUT2D eigenvalue weighted by molar-refractivity contribution is 6.02. The monoisotopic (exact) mass is 398 g/mol. The minimum absolute atomic E-state index is 0.0682. The number of carbonyl (C=O) groups excluding carboxylic acids is 2. The molecule has 7 heteroatoms. The van der Waals surface area contributed by atoms with E-state index in [1.807, 2.05) is 35.2 Å². The van der Waals surface area contributed by atoms with Crippen molar-refractivity contribution in [1.29, 1.82) is 0 Å². The van der Waals surface area contributed by atoms with Crippen LogP contribution in [0.1, 0.15) is 37.7 Å². The van der Waals surface area contributed by atoms with Crippen LogP contribution in [-0.4, -0.2) is 84.3 Å². The Bertz CT molecular complexity index is 738. The topological polar surface area (TPSA) is 65.5 Å². The van der Waals surface area contributed by atoms with E-state index in [1.54, 1.807) is 0 Å². The molecule has 4 rings (SSSR count). The molecular formula is C22H30N4O3. The molecule has 156 valence electrons. The molecule has 0 saturated carbocycles. The van der Waals surface area contributed by atoms with Gasteiger partial charge in [-0.2, -0.15) is 5.10 Å². The van der Waals surface area contributed by atoms with E-state index in [9.17, 15) is 9.59 Å². The summed E-state index contributed by atoms with van der Waals surface area (Å²) in [5.74, 6) is 0.00266. The van der Waals surface area contributed by atoms with Crippen molar-refractivity contribution in [3.63, 3.8) is 0 Å². The van der Waals surface area contributed by atoms with Gasteiger partial charge in [-0.05, 0) is 18.4 Å². The van der Waals surface area contributed by atoms with E-state index in [4.69, 9.17) is 4.74 Å². The normalized spacial score (nSPS) is 22.8. The molecular weight excluding hydrogens is 368 g/mol. The summed E-state index contributed by atoms with van der Waals surface area (Å²) in [4.78, 5) is 29.3. The van der Waals surface area contributed by atoms with E-state index in [-0.39, 0.29) is 24.7 Å². The summed E-state index contributed by atoms with van der Waals surface area (Å²) in [5.41, 5.74) is 1.99. The lowest BCUT2D eigenvalue weighted by Gasteiger charge is -2.35. The van der Waals surface area contributed by atoms with E-state index in [0.29, 0.717) is 12.6 Å². The van der Waals surface area contributed by atoms with Crippen LogP contribution in [0.3, 0.4) is 0 Å². The van der Waals surface area contributed by atoms with Crippen molar-refractivity contribution in [1.82, 2.24) is 14.8 Å². The number of piperazine rings is 1. The first kappa shape index (κ1) is 20.0. The van der Waals surface area contributed by atoms with Crippen LogP contribution >= 0.6 is 0 Å². The molecule has 2 saturated heterocycles. The zero-order valence-electron chi connectivity index (χ0n) is 17.0. The molecule has 0 aromatic heterocycles. The van der Waals surface area contributed by atoms with E-state index in [0.717, 1.165) is 69.9 Å². The zero-order valence-corrected chi connectivity index (χ0v) is 17.0. The van der Waals surface area contributed by atoms with Crippen molar-refractivity contribution in [3.8, 4) is 0 Å². The van der Waals surface area contributed by atoms with Crippen LogP contribution in [-0.2, 0) is 14.3 Å². The predicted molar refractivity (Wildman–Crippen MR) is 111 cm³/mol. The summed E-state index contributed by atoms with van der Waals surface area (Å²) in [6.07, 6.45) is 3.91. The van der Waals surface area contributed by atoms with Gasteiger partial charge in [-0.3, -0.25) is 14.5 Å². The summed E-state index contributed by atoms with van der Waals surface area (Å²) in [6.45, 7) is 5.69. The molecule has 0 aliphatic carbocycles. The third-order valence-electron chi connectivity index (χ3n) is 5.96. The average molecular weight is 399 g/mol. The molecule has 2 fully saturated rings. The van der Waals surface area contributed by atoms with Gasteiger partial charge in [0.1, 0.15) is 0 Å². The molecule has 3 aliphatic rings. The van der Waals surface area contributed by atoms with Gasteiger partial charge in [0.25, 0.3) is 0 Å². The molecule has 0 spiro atoms. The molecule has 1 atom stereocenters. The SMILES string of the molecule is O=C(CCC(=O)N1CCC(c2ccccc2)=N1)N1CCN(CC2CCCO2)CC1. The number of hydrazone groups is 1. The fourth-order valence-electron chi connectivity index (χ4n) is 4.23. The summed E-state index contributed by atoms with van der Waals surface area (Å²) in [7, 11) is 0. The van der Waals surface area contributed by atoms with E-state index < -0.39 is 0 Å². The summed E-state index contributed by atoms with van der Waals surface area (Å²) in [5, 5.41) is 5.99. The number of benzene rings is 1. The van der Waals surface area contributed by atoms with Crippen molar-refractivity contribution in [2.24, 2.45) is 5.10 Å². The number of carbonyl (C=O) groups is 2. The standard InChI is InChI=1S/C22H30N4O3/c27-21(25-14-12-24(13-15-25)17-19-7-4-16-29-19)8-9-22(28)26-11-10-20(23-26)18-5-2-1-3-6-18/h1-3,5-6,19H,4,7-17H2. The quantitative estimate of drug-likeness (QED) is 0.732. The fourth-order valence-corrected chi connectivity index (χ4v) is 4.23. The minimum Gasteiger partial charge on any atom is -0.377 e. The lowest BCUT2D eigenvalue weighted by Crippen LogP contribution is -2.50. The maximum atomic E-state index is 12.5.